The molecule has 1 unspecified atom stereocenters. The van der Waals surface area contributed by atoms with E-state index in [0.717, 1.165) is 21.3 Å². The molecule has 1 fully saturated rings. The first-order chi connectivity index (χ1) is 9.22. The summed E-state index contributed by atoms with van der Waals surface area (Å²) in [6.45, 7) is 0. The van der Waals surface area contributed by atoms with Gasteiger partial charge in [-0.1, -0.05) is 40.2 Å². The second-order valence-electron chi connectivity index (χ2n) is 4.92. The molecule has 2 nitrogen and oxygen atoms in total. The smallest absolute Gasteiger partial charge is 0.120 e. The Bertz CT molecular complexity index is 580. The van der Waals surface area contributed by atoms with Gasteiger partial charge >= 0.3 is 0 Å². The summed E-state index contributed by atoms with van der Waals surface area (Å²) in [5.74, 6) is 0.922. The molecular weight excluding hydrogens is 302 g/mol. The van der Waals surface area contributed by atoms with E-state index < -0.39 is 0 Å². The summed E-state index contributed by atoms with van der Waals surface area (Å²) in [5, 5.41) is 0. The van der Waals surface area contributed by atoms with Gasteiger partial charge in [0.15, 0.2) is 0 Å². The number of hydrogen-bond donors (Lipinski definition) is 1. The van der Waals surface area contributed by atoms with E-state index in [0.29, 0.717) is 6.10 Å². The Morgan fingerprint density at radius 2 is 1.74 bits per heavy atom. The summed E-state index contributed by atoms with van der Waals surface area (Å²) in [6, 6.07) is 16.1. The van der Waals surface area contributed by atoms with Crippen molar-refractivity contribution in [1.82, 2.24) is 0 Å². The third-order valence-electron chi connectivity index (χ3n) is 3.25. The molecule has 3 heteroatoms. The van der Waals surface area contributed by atoms with Crippen molar-refractivity contribution >= 4 is 15.9 Å². The van der Waals surface area contributed by atoms with Gasteiger partial charge in [-0.05, 0) is 48.2 Å². The van der Waals surface area contributed by atoms with E-state index >= 15 is 0 Å². The van der Waals surface area contributed by atoms with Gasteiger partial charge < -0.3 is 10.5 Å². The number of hydrogen-bond acceptors (Lipinski definition) is 2. The lowest BCUT2D eigenvalue weighted by Gasteiger charge is -2.14. The van der Waals surface area contributed by atoms with Crippen LogP contribution in [0.15, 0.2) is 53.0 Å². The van der Waals surface area contributed by atoms with Gasteiger partial charge in [0.05, 0.1) is 12.1 Å². The molecule has 0 spiro atoms. The molecule has 0 amide bonds. The fourth-order valence-corrected chi connectivity index (χ4v) is 2.47. The molecule has 0 radical (unpaired) electrons. The molecule has 98 valence electrons. The Morgan fingerprint density at radius 1 is 1.05 bits per heavy atom. The van der Waals surface area contributed by atoms with Gasteiger partial charge in [-0.3, -0.25) is 0 Å². The molecule has 0 aliphatic heterocycles. The summed E-state index contributed by atoms with van der Waals surface area (Å²) in [4.78, 5) is 0. The summed E-state index contributed by atoms with van der Waals surface area (Å²) in [5.41, 5.74) is 8.50. The van der Waals surface area contributed by atoms with Gasteiger partial charge in [0.25, 0.3) is 0 Å². The van der Waals surface area contributed by atoms with Gasteiger partial charge in [-0.25, -0.2) is 0 Å². The molecular formula is C16H16BrNO. The SMILES string of the molecule is NC(c1cccc(Br)c1)c1cccc(OC2CC2)c1. The quantitative estimate of drug-likeness (QED) is 0.923. The largest absolute Gasteiger partial charge is 0.490 e. The number of rotatable bonds is 4. The molecule has 1 saturated carbocycles. The van der Waals surface area contributed by atoms with E-state index in [1.165, 1.54) is 12.8 Å². The lowest BCUT2D eigenvalue weighted by atomic mass is 9.99. The molecule has 3 rings (SSSR count). The predicted octanol–water partition coefficient (Wildman–Crippen LogP) is 4.04. The van der Waals surface area contributed by atoms with Crippen LogP contribution in [-0.4, -0.2) is 6.10 Å². The van der Waals surface area contributed by atoms with Crippen LogP contribution < -0.4 is 10.5 Å². The van der Waals surface area contributed by atoms with Crippen LogP contribution in [-0.2, 0) is 0 Å². The molecule has 2 aromatic rings. The van der Waals surface area contributed by atoms with Gasteiger partial charge in [-0.2, -0.15) is 0 Å². The van der Waals surface area contributed by atoms with E-state index in [-0.39, 0.29) is 6.04 Å². The van der Waals surface area contributed by atoms with Crippen LogP contribution in [0.3, 0.4) is 0 Å². The second-order valence-corrected chi connectivity index (χ2v) is 5.84. The normalized spacial score (nSPS) is 16.1. The van der Waals surface area contributed by atoms with Crippen LogP contribution in [0.4, 0.5) is 0 Å². The molecule has 2 aromatic carbocycles. The van der Waals surface area contributed by atoms with Gasteiger partial charge in [-0.15, -0.1) is 0 Å². The third-order valence-corrected chi connectivity index (χ3v) is 3.75. The average Bonchev–Trinajstić information content (AvgIpc) is 3.22. The zero-order chi connectivity index (χ0) is 13.2. The lowest BCUT2D eigenvalue weighted by Crippen LogP contribution is -2.12. The molecule has 1 atom stereocenters. The van der Waals surface area contributed by atoms with Gasteiger partial charge in [0, 0.05) is 4.47 Å². The maximum Gasteiger partial charge on any atom is 0.120 e. The first kappa shape index (κ1) is 12.7. The second kappa shape index (κ2) is 5.35. The summed E-state index contributed by atoms with van der Waals surface area (Å²) in [6.07, 6.45) is 2.75. The first-order valence-corrected chi connectivity index (χ1v) is 7.29. The van der Waals surface area contributed by atoms with Crippen LogP contribution in [0.5, 0.6) is 5.75 Å². The van der Waals surface area contributed by atoms with Crippen molar-refractivity contribution in [2.24, 2.45) is 5.73 Å². The monoisotopic (exact) mass is 317 g/mol. The van der Waals surface area contributed by atoms with E-state index in [4.69, 9.17) is 10.5 Å². The Kier molecular flexibility index (Phi) is 3.58. The molecule has 1 aliphatic carbocycles. The molecule has 2 N–H and O–H groups in total. The van der Waals surface area contributed by atoms with Crippen molar-refractivity contribution in [2.75, 3.05) is 0 Å². The Hall–Kier alpha value is -1.32. The Morgan fingerprint density at radius 3 is 2.42 bits per heavy atom. The standard InChI is InChI=1S/C16H16BrNO/c17-13-5-1-3-11(9-13)16(18)12-4-2-6-15(10-12)19-14-7-8-14/h1-6,9-10,14,16H,7-8,18H2. The highest BCUT2D eigenvalue weighted by atomic mass is 79.9. The van der Waals surface area contributed by atoms with E-state index in [1.807, 2.05) is 42.5 Å². The van der Waals surface area contributed by atoms with Crippen LogP contribution in [0.25, 0.3) is 0 Å². The first-order valence-electron chi connectivity index (χ1n) is 6.50. The minimum Gasteiger partial charge on any atom is -0.490 e. The molecule has 0 heterocycles. The van der Waals surface area contributed by atoms with Crippen LogP contribution >= 0.6 is 15.9 Å². The van der Waals surface area contributed by atoms with E-state index in [2.05, 4.69) is 22.0 Å². The molecule has 0 saturated heterocycles. The molecule has 19 heavy (non-hydrogen) atoms. The van der Waals surface area contributed by atoms with Crippen molar-refractivity contribution in [2.45, 2.75) is 25.0 Å². The van der Waals surface area contributed by atoms with Crippen molar-refractivity contribution in [3.05, 3.63) is 64.1 Å². The van der Waals surface area contributed by atoms with Crippen molar-refractivity contribution in [3.63, 3.8) is 0 Å². The maximum atomic E-state index is 6.32. The summed E-state index contributed by atoms with van der Waals surface area (Å²) < 4.78 is 6.86. The lowest BCUT2D eigenvalue weighted by molar-refractivity contribution is 0.303. The highest BCUT2D eigenvalue weighted by molar-refractivity contribution is 9.10. The summed E-state index contributed by atoms with van der Waals surface area (Å²) in [7, 11) is 0. The number of benzene rings is 2. The van der Waals surface area contributed by atoms with E-state index in [9.17, 15) is 0 Å². The van der Waals surface area contributed by atoms with Crippen LogP contribution in [0.2, 0.25) is 0 Å². The molecule has 0 bridgehead atoms. The Labute approximate surface area is 121 Å². The fourth-order valence-electron chi connectivity index (χ4n) is 2.05. The predicted molar refractivity (Wildman–Crippen MR) is 80.3 cm³/mol. The number of halogens is 1. The van der Waals surface area contributed by atoms with Gasteiger partial charge in [0.1, 0.15) is 5.75 Å². The van der Waals surface area contributed by atoms with E-state index in [1.54, 1.807) is 0 Å². The highest BCUT2D eigenvalue weighted by Gasteiger charge is 2.23. The van der Waals surface area contributed by atoms with Gasteiger partial charge in [0.2, 0.25) is 0 Å². The van der Waals surface area contributed by atoms with Crippen molar-refractivity contribution in [3.8, 4) is 5.75 Å². The maximum absolute atomic E-state index is 6.32. The molecule has 0 aromatic heterocycles. The highest BCUT2D eigenvalue weighted by Crippen LogP contribution is 2.29. The minimum atomic E-state index is -0.125. The fraction of sp³-hybridized carbons (Fsp3) is 0.250. The van der Waals surface area contributed by atoms with Crippen molar-refractivity contribution < 1.29 is 4.74 Å². The summed E-state index contributed by atoms with van der Waals surface area (Å²) >= 11 is 3.48. The average molecular weight is 318 g/mol. The van der Waals surface area contributed by atoms with Crippen LogP contribution in [0.1, 0.15) is 30.0 Å². The zero-order valence-corrected chi connectivity index (χ0v) is 12.1. The van der Waals surface area contributed by atoms with Crippen LogP contribution in [0, 0.1) is 0 Å². The van der Waals surface area contributed by atoms with Crippen molar-refractivity contribution in [1.29, 1.82) is 0 Å². The minimum absolute atomic E-state index is 0.125. The topological polar surface area (TPSA) is 35.2 Å². The molecule has 1 aliphatic rings. The third kappa shape index (κ3) is 3.17. The number of nitrogens with two attached hydrogens (primary N) is 1. The number of ether oxygens (including phenoxy) is 1. The Balaban J connectivity index is 1.83. The zero-order valence-electron chi connectivity index (χ0n) is 10.6.